The van der Waals surface area contributed by atoms with Crippen molar-refractivity contribution in [3.63, 3.8) is 0 Å². The monoisotopic (exact) mass is 400 g/mol. The lowest BCUT2D eigenvalue weighted by atomic mass is 10.2. The second kappa shape index (κ2) is 12.7. The highest BCUT2D eigenvalue weighted by Gasteiger charge is 2.16. The number of alkyl halides is 2. The number of nitrogens with one attached hydrogen (secondary N) is 2. The van der Waals surface area contributed by atoms with Crippen molar-refractivity contribution in [1.82, 2.24) is 15.5 Å². The third-order valence-electron chi connectivity index (χ3n) is 3.70. The summed E-state index contributed by atoms with van der Waals surface area (Å²) in [4.78, 5) is 17.7. The Labute approximate surface area is 165 Å². The van der Waals surface area contributed by atoms with Crippen molar-refractivity contribution in [1.29, 1.82) is 0 Å². The van der Waals surface area contributed by atoms with Gasteiger partial charge in [-0.1, -0.05) is 25.5 Å². The van der Waals surface area contributed by atoms with Gasteiger partial charge >= 0.3 is 6.61 Å². The number of benzene rings is 1. The van der Waals surface area contributed by atoms with Gasteiger partial charge in [-0.25, -0.2) is 4.99 Å². The molecular weight excluding hydrogens is 370 g/mol. The number of likely N-dealkylation sites (N-methyl/N-ethyl adjacent to an activating group) is 1. The maximum Gasteiger partial charge on any atom is 0.387 e. The lowest BCUT2D eigenvalue weighted by Gasteiger charge is -2.16. The predicted molar refractivity (Wildman–Crippen MR) is 105 cm³/mol. The maximum absolute atomic E-state index is 12.8. The molecule has 0 aliphatic rings. The van der Waals surface area contributed by atoms with Gasteiger partial charge in [-0.15, -0.1) is 0 Å². The Hall–Kier alpha value is -2.58. The molecule has 1 aromatic rings. The molecule has 0 aromatic heterocycles. The van der Waals surface area contributed by atoms with Crippen molar-refractivity contribution < 1.29 is 23.0 Å². The van der Waals surface area contributed by atoms with E-state index in [2.05, 4.69) is 27.3 Å². The Morgan fingerprint density at radius 3 is 2.61 bits per heavy atom. The molecular formula is C19H30F2N4O3. The molecule has 2 N–H and O–H groups in total. The number of carbonyl (C=O) groups is 1. The minimum absolute atomic E-state index is 0.0274. The van der Waals surface area contributed by atoms with Gasteiger partial charge in [-0.3, -0.25) is 4.79 Å². The van der Waals surface area contributed by atoms with Gasteiger partial charge in [0.2, 0.25) is 5.91 Å². The molecule has 0 radical (unpaired) electrons. The van der Waals surface area contributed by atoms with Crippen LogP contribution in [0.5, 0.6) is 11.5 Å². The molecule has 0 bridgehead atoms. The molecule has 9 heteroatoms. The van der Waals surface area contributed by atoms with Crippen LogP contribution in [-0.4, -0.2) is 57.2 Å². The SMILES string of the molecule is CCCCNC(=NCc1cccc(OCC)c1OC(F)F)NCC(=O)N(C)C. The first-order valence-electron chi connectivity index (χ1n) is 9.30. The van der Waals surface area contributed by atoms with E-state index < -0.39 is 6.61 Å². The molecule has 0 saturated heterocycles. The molecule has 0 atom stereocenters. The number of hydrogen-bond donors (Lipinski definition) is 2. The lowest BCUT2D eigenvalue weighted by molar-refractivity contribution is -0.127. The van der Waals surface area contributed by atoms with Gasteiger partial charge in [-0.05, 0) is 19.4 Å². The number of hydrogen-bond acceptors (Lipinski definition) is 4. The van der Waals surface area contributed by atoms with Crippen LogP contribution >= 0.6 is 0 Å². The van der Waals surface area contributed by atoms with Crippen molar-refractivity contribution in [2.24, 2.45) is 4.99 Å². The average Bonchev–Trinajstić information content (AvgIpc) is 2.65. The van der Waals surface area contributed by atoms with Gasteiger partial charge in [-0.2, -0.15) is 8.78 Å². The molecule has 0 unspecified atom stereocenters. The van der Waals surface area contributed by atoms with Crippen molar-refractivity contribution in [2.75, 3.05) is 33.8 Å². The van der Waals surface area contributed by atoms with Gasteiger partial charge in [0.25, 0.3) is 0 Å². The standard InChI is InChI=1S/C19H30F2N4O3/c1-5-7-11-22-19(24-13-16(26)25(3)4)23-12-14-9-8-10-15(27-6-2)17(14)28-18(20)21/h8-10,18H,5-7,11-13H2,1-4H3,(H2,22,23,24). The second-order valence-electron chi connectivity index (χ2n) is 6.14. The number of nitrogens with zero attached hydrogens (tertiary/aromatic N) is 2. The number of carbonyl (C=O) groups excluding carboxylic acids is 1. The topological polar surface area (TPSA) is 75.2 Å². The van der Waals surface area contributed by atoms with Crippen LogP contribution in [0.2, 0.25) is 0 Å². The molecule has 0 saturated carbocycles. The molecule has 1 amide bonds. The number of rotatable bonds is 11. The van der Waals surface area contributed by atoms with Crippen LogP contribution in [-0.2, 0) is 11.3 Å². The summed E-state index contributed by atoms with van der Waals surface area (Å²) < 4.78 is 35.7. The molecule has 0 heterocycles. The summed E-state index contributed by atoms with van der Waals surface area (Å²) in [5.74, 6) is 0.533. The van der Waals surface area contributed by atoms with Crippen molar-refractivity contribution >= 4 is 11.9 Å². The molecule has 0 fully saturated rings. The van der Waals surface area contributed by atoms with Crippen molar-refractivity contribution in [3.05, 3.63) is 23.8 Å². The first-order valence-corrected chi connectivity index (χ1v) is 9.30. The highest BCUT2D eigenvalue weighted by atomic mass is 19.3. The summed E-state index contributed by atoms with van der Waals surface area (Å²) in [7, 11) is 3.33. The highest BCUT2D eigenvalue weighted by Crippen LogP contribution is 2.33. The first-order chi connectivity index (χ1) is 13.4. The smallest absolute Gasteiger partial charge is 0.387 e. The fourth-order valence-corrected chi connectivity index (χ4v) is 2.22. The molecule has 0 spiro atoms. The van der Waals surface area contributed by atoms with Crippen LogP contribution in [0, 0.1) is 0 Å². The number of ether oxygens (including phenoxy) is 2. The van der Waals surface area contributed by atoms with E-state index in [1.807, 2.05) is 0 Å². The van der Waals surface area contributed by atoms with Gasteiger partial charge in [0.1, 0.15) is 0 Å². The number of halogens is 2. The third-order valence-corrected chi connectivity index (χ3v) is 3.70. The minimum Gasteiger partial charge on any atom is -0.490 e. The van der Waals surface area contributed by atoms with Crippen LogP contribution in [0.25, 0.3) is 0 Å². The normalized spacial score (nSPS) is 11.3. The van der Waals surface area contributed by atoms with E-state index in [-0.39, 0.29) is 30.5 Å². The number of guanidine groups is 1. The zero-order valence-electron chi connectivity index (χ0n) is 16.9. The maximum atomic E-state index is 12.8. The minimum atomic E-state index is -2.97. The number of amides is 1. The van der Waals surface area contributed by atoms with E-state index in [1.165, 1.54) is 4.90 Å². The summed E-state index contributed by atoms with van der Waals surface area (Å²) >= 11 is 0. The Morgan fingerprint density at radius 1 is 1.25 bits per heavy atom. The predicted octanol–water partition coefficient (Wildman–Crippen LogP) is 2.61. The zero-order chi connectivity index (χ0) is 20.9. The average molecular weight is 400 g/mol. The Balaban J connectivity index is 2.98. The highest BCUT2D eigenvalue weighted by molar-refractivity contribution is 5.86. The van der Waals surface area contributed by atoms with E-state index in [9.17, 15) is 13.6 Å². The molecule has 158 valence electrons. The van der Waals surface area contributed by atoms with Crippen LogP contribution in [0.1, 0.15) is 32.3 Å². The van der Waals surface area contributed by atoms with Gasteiger partial charge < -0.3 is 25.0 Å². The van der Waals surface area contributed by atoms with Gasteiger partial charge in [0, 0.05) is 26.2 Å². The first kappa shape index (κ1) is 23.5. The fraction of sp³-hybridized carbons (Fsp3) is 0.579. The fourth-order valence-electron chi connectivity index (χ4n) is 2.22. The summed E-state index contributed by atoms with van der Waals surface area (Å²) in [6, 6.07) is 4.92. The molecule has 28 heavy (non-hydrogen) atoms. The quantitative estimate of drug-likeness (QED) is 0.339. The summed E-state index contributed by atoms with van der Waals surface area (Å²) in [5, 5.41) is 6.09. The van der Waals surface area contributed by atoms with Gasteiger partial charge in [0.15, 0.2) is 17.5 Å². The number of para-hydroxylation sites is 1. The van der Waals surface area contributed by atoms with E-state index in [1.54, 1.807) is 39.2 Å². The molecule has 0 aliphatic heterocycles. The van der Waals surface area contributed by atoms with E-state index in [0.717, 1.165) is 12.8 Å². The Bertz CT molecular complexity index is 640. The molecule has 0 aliphatic carbocycles. The Morgan fingerprint density at radius 2 is 2.00 bits per heavy atom. The van der Waals surface area contributed by atoms with Crippen molar-refractivity contribution in [3.8, 4) is 11.5 Å². The lowest BCUT2D eigenvalue weighted by Crippen LogP contribution is -2.43. The third kappa shape index (κ3) is 8.41. The van der Waals surface area contributed by atoms with Gasteiger partial charge in [0.05, 0.1) is 19.7 Å². The molecule has 1 rings (SSSR count). The Kier molecular flexibility index (Phi) is 10.7. The summed E-state index contributed by atoms with van der Waals surface area (Å²) in [6.45, 7) is 2.02. The zero-order valence-corrected chi connectivity index (χ0v) is 16.9. The van der Waals surface area contributed by atoms with E-state index in [4.69, 9.17) is 4.74 Å². The second-order valence-corrected chi connectivity index (χ2v) is 6.14. The molecule has 1 aromatic carbocycles. The largest absolute Gasteiger partial charge is 0.490 e. The summed E-state index contributed by atoms with van der Waals surface area (Å²) in [5.41, 5.74) is 0.460. The van der Waals surface area contributed by atoms with Crippen LogP contribution in [0.3, 0.4) is 0 Å². The van der Waals surface area contributed by atoms with E-state index >= 15 is 0 Å². The number of aliphatic imine (C=N–C) groups is 1. The van der Waals surface area contributed by atoms with Crippen LogP contribution in [0.15, 0.2) is 23.2 Å². The van der Waals surface area contributed by atoms with Crippen LogP contribution in [0.4, 0.5) is 8.78 Å². The number of unbranched alkanes of at least 4 members (excludes halogenated alkanes) is 1. The van der Waals surface area contributed by atoms with Crippen LogP contribution < -0.4 is 20.1 Å². The van der Waals surface area contributed by atoms with Crippen molar-refractivity contribution in [2.45, 2.75) is 39.8 Å². The molecule has 7 nitrogen and oxygen atoms in total. The van der Waals surface area contributed by atoms with E-state index in [0.29, 0.717) is 24.7 Å². The summed E-state index contributed by atoms with van der Waals surface area (Å²) in [6.07, 6.45) is 1.93.